The Balaban J connectivity index is 1.55. The van der Waals surface area contributed by atoms with E-state index < -0.39 is 0 Å². The van der Waals surface area contributed by atoms with Crippen LogP contribution < -0.4 is 4.90 Å². The van der Waals surface area contributed by atoms with Gasteiger partial charge in [-0.3, -0.25) is 4.79 Å². The summed E-state index contributed by atoms with van der Waals surface area (Å²) in [6, 6.07) is 7.06. The summed E-state index contributed by atoms with van der Waals surface area (Å²) in [6.07, 6.45) is 12.8. The number of aliphatic hydroxyl groups excluding tert-OH is 1. The van der Waals surface area contributed by atoms with Gasteiger partial charge in [-0.1, -0.05) is 25.0 Å². The molecule has 4 aliphatic rings. The van der Waals surface area contributed by atoms with Gasteiger partial charge < -0.3 is 14.9 Å². The van der Waals surface area contributed by atoms with Gasteiger partial charge in [-0.25, -0.2) is 0 Å². The van der Waals surface area contributed by atoms with Gasteiger partial charge in [0.1, 0.15) is 0 Å². The van der Waals surface area contributed by atoms with E-state index >= 15 is 0 Å². The second-order valence-electron chi connectivity index (χ2n) is 9.52. The van der Waals surface area contributed by atoms with Crippen LogP contribution in [0, 0.1) is 11.8 Å². The molecule has 156 valence electrons. The maximum absolute atomic E-state index is 13.4. The van der Waals surface area contributed by atoms with Gasteiger partial charge in [0.15, 0.2) is 0 Å². The molecule has 4 heteroatoms. The zero-order valence-corrected chi connectivity index (χ0v) is 17.6. The Morgan fingerprint density at radius 2 is 1.97 bits per heavy atom. The minimum absolute atomic E-state index is 0.0913. The van der Waals surface area contributed by atoms with Crippen molar-refractivity contribution in [3.05, 3.63) is 35.4 Å². The molecule has 2 aliphatic heterocycles. The van der Waals surface area contributed by atoms with Crippen LogP contribution in [0.25, 0.3) is 5.57 Å². The number of rotatable bonds is 3. The molecule has 1 saturated carbocycles. The molecule has 2 heterocycles. The zero-order chi connectivity index (χ0) is 20.0. The van der Waals surface area contributed by atoms with Crippen LogP contribution in [0.1, 0.15) is 75.0 Å². The lowest BCUT2D eigenvalue weighted by Gasteiger charge is -2.45. The van der Waals surface area contributed by atoms with Crippen LogP contribution in [-0.2, 0) is 4.79 Å². The first kappa shape index (κ1) is 19.2. The Labute approximate surface area is 174 Å². The summed E-state index contributed by atoms with van der Waals surface area (Å²) < 4.78 is 0. The number of hydrogen-bond donors (Lipinski definition) is 1. The van der Waals surface area contributed by atoms with E-state index in [0.29, 0.717) is 11.8 Å². The third-order valence-corrected chi connectivity index (χ3v) is 8.00. The number of carbonyl (C=O) groups is 1. The van der Waals surface area contributed by atoms with Crippen LogP contribution in [0.5, 0.6) is 0 Å². The molecule has 29 heavy (non-hydrogen) atoms. The number of anilines is 1. The van der Waals surface area contributed by atoms with Crippen LogP contribution in [0.15, 0.2) is 24.3 Å². The molecule has 1 amide bonds. The number of amides is 1. The molecule has 1 N–H and O–H groups in total. The van der Waals surface area contributed by atoms with E-state index in [4.69, 9.17) is 0 Å². The molecular weight excluding hydrogens is 360 g/mol. The lowest BCUT2D eigenvalue weighted by atomic mass is 9.80. The predicted octanol–water partition coefficient (Wildman–Crippen LogP) is 4.53. The first-order chi connectivity index (χ1) is 14.2. The second-order valence-corrected chi connectivity index (χ2v) is 9.52. The van der Waals surface area contributed by atoms with Crippen LogP contribution >= 0.6 is 0 Å². The Hall–Kier alpha value is -1.81. The molecule has 1 aromatic rings. The van der Waals surface area contributed by atoms with Gasteiger partial charge in [0.25, 0.3) is 0 Å². The topological polar surface area (TPSA) is 43.8 Å². The molecule has 2 fully saturated rings. The van der Waals surface area contributed by atoms with Gasteiger partial charge in [0.2, 0.25) is 5.91 Å². The first-order valence-electron chi connectivity index (χ1n) is 11.7. The van der Waals surface area contributed by atoms with Crippen molar-refractivity contribution in [1.29, 1.82) is 0 Å². The Bertz CT molecular complexity index is 811. The molecular formula is C25H34N2O2. The number of fused-ring (bicyclic) bond motifs is 3. The third-order valence-electron chi connectivity index (χ3n) is 8.00. The second kappa shape index (κ2) is 7.79. The normalized spacial score (nSPS) is 29.6. The van der Waals surface area contributed by atoms with Gasteiger partial charge in [0, 0.05) is 31.1 Å². The fourth-order valence-electron chi connectivity index (χ4n) is 6.41. The van der Waals surface area contributed by atoms with Gasteiger partial charge >= 0.3 is 0 Å². The number of aliphatic hydroxyl groups is 1. The van der Waals surface area contributed by atoms with Gasteiger partial charge in [0.05, 0.1) is 18.7 Å². The van der Waals surface area contributed by atoms with Crippen molar-refractivity contribution in [2.45, 2.75) is 69.9 Å². The van der Waals surface area contributed by atoms with Gasteiger partial charge in [-0.2, -0.15) is 0 Å². The summed E-state index contributed by atoms with van der Waals surface area (Å²) in [5.41, 5.74) is 5.29. The van der Waals surface area contributed by atoms with Crippen molar-refractivity contribution in [2.24, 2.45) is 11.8 Å². The molecule has 0 bridgehead atoms. The summed E-state index contributed by atoms with van der Waals surface area (Å²) >= 11 is 0. The maximum Gasteiger partial charge on any atom is 0.226 e. The van der Waals surface area contributed by atoms with Gasteiger partial charge in [-0.15, -0.1) is 0 Å². The van der Waals surface area contributed by atoms with Crippen molar-refractivity contribution in [2.75, 3.05) is 25.1 Å². The zero-order valence-electron chi connectivity index (χ0n) is 17.6. The number of hydrogen-bond acceptors (Lipinski definition) is 3. The van der Waals surface area contributed by atoms with E-state index in [1.54, 1.807) is 0 Å². The van der Waals surface area contributed by atoms with E-state index in [1.807, 2.05) is 0 Å². The van der Waals surface area contributed by atoms with Crippen LogP contribution in [0.4, 0.5) is 5.69 Å². The average molecular weight is 395 g/mol. The fourth-order valence-corrected chi connectivity index (χ4v) is 6.41. The highest BCUT2D eigenvalue weighted by atomic mass is 16.3. The quantitative estimate of drug-likeness (QED) is 0.819. The van der Waals surface area contributed by atoms with Crippen LogP contribution in [0.3, 0.4) is 0 Å². The maximum atomic E-state index is 13.4. The molecule has 4 nitrogen and oxygen atoms in total. The molecule has 0 radical (unpaired) electrons. The summed E-state index contributed by atoms with van der Waals surface area (Å²) in [4.78, 5) is 17.9. The highest BCUT2D eigenvalue weighted by Crippen LogP contribution is 2.50. The average Bonchev–Trinajstić information content (AvgIpc) is 3.44. The number of carbonyl (C=O) groups excluding carboxylic acids is 1. The minimum Gasteiger partial charge on any atom is -0.394 e. The number of likely N-dealkylation sites (N-methyl/N-ethyl adjacent to an activating group) is 1. The Kier molecular flexibility index (Phi) is 5.15. The molecule has 2 aliphatic carbocycles. The van der Waals surface area contributed by atoms with Crippen molar-refractivity contribution in [3.8, 4) is 0 Å². The van der Waals surface area contributed by atoms with Crippen molar-refractivity contribution >= 4 is 17.2 Å². The van der Waals surface area contributed by atoms with E-state index in [9.17, 15) is 9.90 Å². The number of benzene rings is 1. The van der Waals surface area contributed by atoms with Crippen molar-refractivity contribution in [1.82, 2.24) is 4.90 Å². The standard InChI is InChI=1S/C25H34N2O2/c1-26-22-12-11-19(17-7-3-2-4-8-17)15-21(22)24-20(23(26)16-28)13-14-27(24)25(29)18-9-5-6-10-18/h7,11-12,15,18,20,23-24,28H,2-6,8-10,13-14,16H2,1H3/t20-,23+,24-/m1/s1. The molecule has 0 spiro atoms. The first-order valence-corrected chi connectivity index (χ1v) is 11.7. The highest BCUT2D eigenvalue weighted by molar-refractivity contribution is 5.81. The monoisotopic (exact) mass is 394 g/mol. The smallest absolute Gasteiger partial charge is 0.226 e. The van der Waals surface area contributed by atoms with Crippen LogP contribution in [-0.4, -0.2) is 42.2 Å². The third kappa shape index (κ3) is 3.20. The van der Waals surface area contributed by atoms with E-state index in [1.165, 1.54) is 54.5 Å². The minimum atomic E-state index is 0.0913. The largest absolute Gasteiger partial charge is 0.394 e. The summed E-state index contributed by atoms with van der Waals surface area (Å²) in [7, 11) is 2.11. The molecule has 1 saturated heterocycles. The summed E-state index contributed by atoms with van der Waals surface area (Å²) in [5, 5.41) is 10.2. The Morgan fingerprint density at radius 3 is 2.69 bits per heavy atom. The van der Waals surface area contributed by atoms with Crippen molar-refractivity contribution in [3.63, 3.8) is 0 Å². The molecule has 0 aromatic heterocycles. The Morgan fingerprint density at radius 1 is 1.14 bits per heavy atom. The number of likely N-dealkylation sites (tertiary alicyclic amines) is 1. The predicted molar refractivity (Wildman–Crippen MR) is 117 cm³/mol. The molecule has 3 atom stereocenters. The number of nitrogens with zero attached hydrogens (tertiary/aromatic N) is 2. The van der Waals surface area contributed by atoms with E-state index in [-0.39, 0.29) is 24.6 Å². The highest BCUT2D eigenvalue weighted by Gasteiger charge is 2.48. The molecule has 1 aromatic carbocycles. The van der Waals surface area contributed by atoms with E-state index in [2.05, 4.69) is 41.1 Å². The lowest BCUT2D eigenvalue weighted by Crippen LogP contribution is -2.49. The summed E-state index contributed by atoms with van der Waals surface area (Å²) in [5.74, 6) is 0.900. The van der Waals surface area contributed by atoms with Crippen molar-refractivity contribution < 1.29 is 9.90 Å². The SMILES string of the molecule is CN1c2ccc(C3=CCCCC3)cc2[C@H]2[C@H](CCN2C(=O)C2CCCC2)[C@@H]1CO. The van der Waals surface area contributed by atoms with Crippen LogP contribution in [0.2, 0.25) is 0 Å². The lowest BCUT2D eigenvalue weighted by molar-refractivity contribution is -0.136. The van der Waals surface area contributed by atoms with Gasteiger partial charge in [-0.05, 0) is 73.8 Å². The molecule has 5 rings (SSSR count). The fraction of sp³-hybridized carbons (Fsp3) is 0.640. The number of allylic oxidation sites excluding steroid dienone is 2. The van der Waals surface area contributed by atoms with E-state index in [0.717, 1.165) is 32.2 Å². The molecule has 0 unspecified atom stereocenters. The summed E-state index contributed by atoms with van der Waals surface area (Å²) in [6.45, 7) is 0.983.